The van der Waals surface area contributed by atoms with Crippen LogP contribution < -0.4 is 0 Å². The van der Waals surface area contributed by atoms with Crippen molar-refractivity contribution in [2.45, 2.75) is 73.1 Å². The number of hydrogen-bond donors (Lipinski definition) is 0. The van der Waals surface area contributed by atoms with Crippen LogP contribution in [0.4, 0.5) is 0 Å². The molecule has 0 aliphatic carbocycles. The molecule has 0 atom stereocenters. The minimum absolute atomic E-state index is 0.275. The molecule has 0 saturated heterocycles. The number of unbranched alkanes of at least 4 members (excludes halogenated alkanes) is 2. The summed E-state index contributed by atoms with van der Waals surface area (Å²) in [5.41, 5.74) is 0.275. The number of rotatable bonds is 6. The lowest BCUT2D eigenvalue weighted by Crippen LogP contribution is -2.04. The average molecular weight is 373 g/mol. The van der Waals surface area contributed by atoms with Gasteiger partial charge in [0.2, 0.25) is 0 Å². The molecular weight excluding hydrogens is 344 g/mol. The van der Waals surface area contributed by atoms with Gasteiger partial charge in [0.15, 0.2) is 0 Å². The van der Waals surface area contributed by atoms with Gasteiger partial charge in [-0.2, -0.15) is 0 Å². The van der Waals surface area contributed by atoms with Gasteiger partial charge in [-0.15, -0.1) is 0 Å². The van der Waals surface area contributed by atoms with E-state index in [1.54, 1.807) is 14.0 Å². The topological polar surface area (TPSA) is 0 Å². The summed E-state index contributed by atoms with van der Waals surface area (Å²) in [6.45, 7) is 11.5. The zero-order valence-electron chi connectivity index (χ0n) is 14.5. The molecular formula is C18H28S4. The molecule has 0 aromatic rings. The van der Waals surface area contributed by atoms with E-state index in [0.29, 0.717) is 0 Å². The van der Waals surface area contributed by atoms with Crippen LogP contribution in [0.1, 0.15) is 73.1 Å². The SMILES string of the molecule is CCCCC1=C(CCCC)SC(=C2SC=C(C(C)(C)C)S2)S1. The molecule has 2 aliphatic heterocycles. The van der Waals surface area contributed by atoms with Crippen LogP contribution in [0.2, 0.25) is 0 Å². The van der Waals surface area contributed by atoms with Crippen LogP contribution in [0.15, 0.2) is 28.6 Å². The van der Waals surface area contributed by atoms with Crippen LogP contribution in [-0.2, 0) is 0 Å². The lowest BCUT2D eigenvalue weighted by Gasteiger charge is -2.18. The Hall–Kier alpha value is 0.620. The summed E-state index contributed by atoms with van der Waals surface area (Å²) in [5, 5.41) is 2.36. The van der Waals surface area contributed by atoms with E-state index >= 15 is 0 Å². The van der Waals surface area contributed by atoms with Crippen molar-refractivity contribution in [3.05, 3.63) is 28.6 Å². The van der Waals surface area contributed by atoms with Crippen molar-refractivity contribution in [2.75, 3.05) is 0 Å². The van der Waals surface area contributed by atoms with Gasteiger partial charge >= 0.3 is 0 Å². The predicted octanol–water partition coefficient (Wildman–Crippen LogP) is 8.55. The quantitative estimate of drug-likeness (QED) is 0.457. The summed E-state index contributed by atoms with van der Waals surface area (Å²) in [7, 11) is 0. The standard InChI is InChI=1S/C18H28S4/c1-6-8-10-13-14(11-9-7-2)21-17(20-13)16-19-12-15(22-16)18(3,4)5/h12H,6-11H2,1-5H3. The Morgan fingerprint density at radius 2 is 1.36 bits per heavy atom. The molecule has 0 amide bonds. The highest BCUT2D eigenvalue weighted by molar-refractivity contribution is 8.34. The van der Waals surface area contributed by atoms with Gasteiger partial charge in [-0.05, 0) is 36.5 Å². The van der Waals surface area contributed by atoms with E-state index in [-0.39, 0.29) is 5.41 Å². The molecule has 2 rings (SSSR count). The van der Waals surface area contributed by atoms with Crippen molar-refractivity contribution < 1.29 is 0 Å². The second-order valence-electron chi connectivity index (χ2n) is 6.78. The maximum Gasteiger partial charge on any atom is 0.0699 e. The number of thioether (sulfide) groups is 4. The van der Waals surface area contributed by atoms with Crippen LogP contribution in [0.3, 0.4) is 0 Å². The smallest absolute Gasteiger partial charge is 0.0699 e. The molecule has 124 valence electrons. The van der Waals surface area contributed by atoms with Crippen molar-refractivity contribution in [1.29, 1.82) is 0 Å². The lowest BCUT2D eigenvalue weighted by molar-refractivity contribution is 0.535. The molecule has 2 heterocycles. The van der Waals surface area contributed by atoms with Crippen LogP contribution in [0.25, 0.3) is 0 Å². The largest absolute Gasteiger partial charge is 0.0881 e. The highest BCUT2D eigenvalue weighted by Crippen LogP contribution is 2.61. The maximum atomic E-state index is 2.36. The first-order chi connectivity index (χ1) is 10.5. The summed E-state index contributed by atoms with van der Waals surface area (Å²) in [6.07, 6.45) is 7.79. The summed E-state index contributed by atoms with van der Waals surface area (Å²) < 4.78 is 3.06. The van der Waals surface area contributed by atoms with Gasteiger partial charge in [-0.25, -0.2) is 0 Å². The van der Waals surface area contributed by atoms with Gasteiger partial charge in [0.1, 0.15) is 0 Å². The molecule has 0 saturated carbocycles. The molecule has 0 spiro atoms. The third-order valence-electron chi connectivity index (χ3n) is 3.64. The van der Waals surface area contributed by atoms with E-state index < -0.39 is 0 Å². The molecule has 0 radical (unpaired) electrons. The second kappa shape index (κ2) is 8.64. The highest BCUT2D eigenvalue weighted by Gasteiger charge is 2.29. The first-order valence-electron chi connectivity index (χ1n) is 8.32. The fourth-order valence-corrected chi connectivity index (χ4v) is 7.97. The molecule has 4 heteroatoms. The summed E-state index contributed by atoms with van der Waals surface area (Å²) in [6, 6.07) is 0. The Balaban J connectivity index is 2.06. The number of hydrogen-bond acceptors (Lipinski definition) is 4. The Kier molecular flexibility index (Phi) is 7.44. The molecule has 22 heavy (non-hydrogen) atoms. The van der Waals surface area contributed by atoms with Crippen molar-refractivity contribution in [2.24, 2.45) is 5.41 Å². The third-order valence-corrected chi connectivity index (χ3v) is 9.76. The second-order valence-corrected chi connectivity index (χ2v) is 11.4. The van der Waals surface area contributed by atoms with Gasteiger partial charge < -0.3 is 0 Å². The van der Waals surface area contributed by atoms with E-state index in [1.165, 1.54) is 47.7 Å². The molecule has 0 aromatic carbocycles. The Labute approximate surface area is 153 Å². The molecule has 0 nitrogen and oxygen atoms in total. The molecule has 0 N–H and O–H groups in total. The van der Waals surface area contributed by atoms with Crippen molar-refractivity contribution >= 4 is 47.0 Å². The fraction of sp³-hybridized carbons (Fsp3) is 0.667. The minimum Gasteiger partial charge on any atom is -0.0881 e. The zero-order chi connectivity index (χ0) is 16.2. The fourth-order valence-electron chi connectivity index (χ4n) is 2.17. The van der Waals surface area contributed by atoms with E-state index in [9.17, 15) is 0 Å². The predicted molar refractivity (Wildman–Crippen MR) is 111 cm³/mol. The van der Waals surface area contributed by atoms with E-state index in [1.807, 2.05) is 23.5 Å². The van der Waals surface area contributed by atoms with Crippen LogP contribution >= 0.6 is 47.0 Å². The first-order valence-corrected chi connectivity index (χ1v) is 11.7. The first kappa shape index (κ1) is 19.0. The molecule has 0 aromatic heterocycles. The van der Waals surface area contributed by atoms with Gasteiger partial charge in [-0.1, -0.05) is 94.5 Å². The molecule has 2 aliphatic rings. The third kappa shape index (κ3) is 5.06. The monoisotopic (exact) mass is 372 g/mol. The van der Waals surface area contributed by atoms with E-state index in [0.717, 1.165) is 0 Å². The van der Waals surface area contributed by atoms with Gasteiger partial charge in [0.25, 0.3) is 0 Å². The highest BCUT2D eigenvalue weighted by atomic mass is 32.2. The Morgan fingerprint density at radius 3 is 1.77 bits per heavy atom. The lowest BCUT2D eigenvalue weighted by atomic mass is 9.97. The number of allylic oxidation sites excluding steroid dienone is 3. The maximum absolute atomic E-state index is 2.36. The van der Waals surface area contributed by atoms with Crippen molar-refractivity contribution in [3.63, 3.8) is 0 Å². The summed E-state index contributed by atoms with van der Waals surface area (Å²) in [5.74, 6) is 0. The molecule has 0 bridgehead atoms. The molecule has 0 fully saturated rings. The summed E-state index contributed by atoms with van der Waals surface area (Å²) >= 11 is 8.07. The van der Waals surface area contributed by atoms with E-state index in [4.69, 9.17) is 0 Å². The van der Waals surface area contributed by atoms with Crippen LogP contribution in [0.5, 0.6) is 0 Å². The van der Waals surface area contributed by atoms with Crippen molar-refractivity contribution in [3.8, 4) is 0 Å². The molecule has 0 unspecified atom stereocenters. The van der Waals surface area contributed by atoms with Crippen LogP contribution in [0, 0.1) is 5.41 Å². The van der Waals surface area contributed by atoms with Gasteiger partial charge in [-0.3, -0.25) is 0 Å². The zero-order valence-corrected chi connectivity index (χ0v) is 17.7. The summed E-state index contributed by atoms with van der Waals surface area (Å²) in [4.78, 5) is 4.83. The Bertz CT molecular complexity index is 470. The Morgan fingerprint density at radius 1 is 0.818 bits per heavy atom. The van der Waals surface area contributed by atoms with E-state index in [2.05, 4.69) is 63.6 Å². The van der Waals surface area contributed by atoms with Crippen LogP contribution in [-0.4, -0.2) is 0 Å². The minimum atomic E-state index is 0.275. The normalized spacial score (nSPS) is 19.4. The average Bonchev–Trinajstić information content (AvgIpc) is 3.09. The van der Waals surface area contributed by atoms with Gasteiger partial charge in [0.05, 0.1) is 8.47 Å². The van der Waals surface area contributed by atoms with Gasteiger partial charge in [0, 0.05) is 14.7 Å². The van der Waals surface area contributed by atoms with Crippen molar-refractivity contribution in [1.82, 2.24) is 0 Å².